The van der Waals surface area contributed by atoms with Gasteiger partial charge in [0.05, 0.1) is 6.61 Å². The molecule has 0 bridgehead atoms. The second kappa shape index (κ2) is 43.0. The first-order valence-electron chi connectivity index (χ1n) is 21.8. The van der Waals surface area contributed by atoms with Crippen LogP contribution in [0.1, 0.15) is 206 Å². The Morgan fingerprint density at radius 2 is 0.827 bits per heavy atom. The van der Waals surface area contributed by atoms with E-state index in [0.29, 0.717) is 12.8 Å². The third-order valence-corrected chi connectivity index (χ3v) is 9.30. The lowest BCUT2D eigenvalue weighted by Crippen LogP contribution is -2.28. The van der Waals surface area contributed by atoms with Crippen LogP contribution in [0, 0.1) is 0 Å². The van der Waals surface area contributed by atoms with Gasteiger partial charge in [0.15, 0.2) is 6.10 Å². The second-order valence-corrected chi connectivity index (χ2v) is 14.4. The van der Waals surface area contributed by atoms with Crippen molar-refractivity contribution in [3.63, 3.8) is 0 Å². The zero-order valence-corrected chi connectivity index (χ0v) is 34.1. The lowest BCUT2D eigenvalue weighted by atomic mass is 10.1. The molecule has 0 fully saturated rings. The number of allylic oxidation sites excluding steroid dienone is 10. The highest BCUT2D eigenvalue weighted by Crippen LogP contribution is 2.14. The van der Waals surface area contributed by atoms with Gasteiger partial charge in [-0.1, -0.05) is 177 Å². The molecule has 0 amide bonds. The zero-order valence-electron chi connectivity index (χ0n) is 34.1. The van der Waals surface area contributed by atoms with E-state index in [9.17, 15) is 14.7 Å². The fourth-order valence-corrected chi connectivity index (χ4v) is 6.01. The van der Waals surface area contributed by atoms with Gasteiger partial charge in [-0.05, 0) is 77.0 Å². The maximum absolute atomic E-state index is 12.2. The minimum absolute atomic E-state index is 0.0741. The van der Waals surface area contributed by atoms with E-state index < -0.39 is 6.10 Å². The van der Waals surface area contributed by atoms with Crippen LogP contribution in [0.2, 0.25) is 0 Å². The Kier molecular flexibility index (Phi) is 41.0. The number of carbonyl (C=O) groups excluding carboxylic acids is 2. The molecule has 0 aliphatic carbocycles. The minimum atomic E-state index is -0.782. The lowest BCUT2D eigenvalue weighted by Gasteiger charge is -2.15. The highest BCUT2D eigenvalue weighted by Gasteiger charge is 2.16. The van der Waals surface area contributed by atoms with E-state index in [1.807, 2.05) is 0 Å². The number of hydrogen-bond acceptors (Lipinski definition) is 5. The second-order valence-electron chi connectivity index (χ2n) is 14.4. The summed E-state index contributed by atoms with van der Waals surface area (Å²) in [5.74, 6) is -0.609. The summed E-state index contributed by atoms with van der Waals surface area (Å²) in [6.45, 7) is 4.01. The molecule has 300 valence electrons. The van der Waals surface area contributed by atoms with Crippen molar-refractivity contribution in [2.24, 2.45) is 0 Å². The first-order chi connectivity index (χ1) is 25.6. The van der Waals surface area contributed by atoms with Crippen molar-refractivity contribution in [2.45, 2.75) is 213 Å². The zero-order chi connectivity index (χ0) is 37.8. The van der Waals surface area contributed by atoms with Gasteiger partial charge in [-0.3, -0.25) is 9.59 Å². The smallest absolute Gasteiger partial charge is 0.306 e. The van der Waals surface area contributed by atoms with Crippen LogP contribution in [0.15, 0.2) is 60.8 Å². The molecule has 5 nitrogen and oxygen atoms in total. The molecule has 52 heavy (non-hydrogen) atoms. The summed E-state index contributed by atoms with van der Waals surface area (Å²) in [5.41, 5.74) is 0. The molecule has 1 unspecified atom stereocenters. The first kappa shape index (κ1) is 49.6. The molecule has 0 aromatic carbocycles. The van der Waals surface area contributed by atoms with Crippen molar-refractivity contribution >= 4 is 11.9 Å². The maximum atomic E-state index is 12.2. The van der Waals surface area contributed by atoms with Crippen molar-refractivity contribution in [1.82, 2.24) is 0 Å². The summed E-state index contributed by atoms with van der Waals surface area (Å²) in [4.78, 5) is 24.3. The summed E-state index contributed by atoms with van der Waals surface area (Å²) in [5, 5.41) is 9.58. The van der Waals surface area contributed by atoms with Gasteiger partial charge < -0.3 is 14.6 Å². The molecular formula is C47H82O5. The van der Waals surface area contributed by atoms with E-state index in [2.05, 4.69) is 74.6 Å². The van der Waals surface area contributed by atoms with Gasteiger partial charge in [-0.2, -0.15) is 0 Å². The average Bonchev–Trinajstić information content (AvgIpc) is 3.15. The fraction of sp³-hybridized carbons (Fsp3) is 0.745. The predicted octanol–water partition coefficient (Wildman–Crippen LogP) is 14.0. The molecule has 0 rings (SSSR count). The van der Waals surface area contributed by atoms with E-state index in [-0.39, 0.29) is 25.2 Å². The van der Waals surface area contributed by atoms with Crippen LogP contribution in [0.4, 0.5) is 0 Å². The number of carbonyl (C=O) groups is 2. The van der Waals surface area contributed by atoms with Gasteiger partial charge in [0.2, 0.25) is 0 Å². The average molecular weight is 727 g/mol. The van der Waals surface area contributed by atoms with E-state index in [1.54, 1.807) is 0 Å². The summed E-state index contributed by atoms with van der Waals surface area (Å²) < 4.78 is 10.6. The number of aliphatic hydroxyl groups excluding tert-OH is 1. The molecule has 0 radical (unpaired) electrons. The molecule has 0 saturated heterocycles. The molecule has 1 atom stereocenters. The number of esters is 2. The Morgan fingerprint density at radius 3 is 1.27 bits per heavy atom. The number of ether oxygens (including phenoxy) is 2. The van der Waals surface area contributed by atoms with E-state index >= 15 is 0 Å². The fourth-order valence-electron chi connectivity index (χ4n) is 6.01. The SMILES string of the molecule is CC/C=C\C/C=C\C/C=C\C/C=C\CCCCCCCCC(=O)OC(CO)COC(=O)CCCCCCCCCCC/C=C\CCCCCCCC. The van der Waals surface area contributed by atoms with Crippen LogP contribution < -0.4 is 0 Å². The predicted molar refractivity (Wildman–Crippen MR) is 223 cm³/mol. The first-order valence-corrected chi connectivity index (χ1v) is 21.8. The third kappa shape index (κ3) is 40.4. The van der Waals surface area contributed by atoms with Crippen LogP contribution in [0.3, 0.4) is 0 Å². The molecule has 1 N–H and O–H groups in total. The summed E-state index contributed by atoms with van der Waals surface area (Å²) in [6.07, 6.45) is 55.7. The molecule has 0 aromatic heterocycles. The van der Waals surface area contributed by atoms with Crippen LogP contribution in [-0.4, -0.2) is 36.4 Å². The van der Waals surface area contributed by atoms with Gasteiger partial charge in [0.25, 0.3) is 0 Å². The topological polar surface area (TPSA) is 72.8 Å². The van der Waals surface area contributed by atoms with Crippen LogP contribution in [0.25, 0.3) is 0 Å². The Hall–Kier alpha value is -2.40. The van der Waals surface area contributed by atoms with Gasteiger partial charge >= 0.3 is 11.9 Å². The van der Waals surface area contributed by atoms with Gasteiger partial charge in [-0.25, -0.2) is 0 Å². The largest absolute Gasteiger partial charge is 0.462 e. The van der Waals surface area contributed by atoms with E-state index in [4.69, 9.17) is 9.47 Å². The van der Waals surface area contributed by atoms with Crippen molar-refractivity contribution in [1.29, 1.82) is 0 Å². The number of hydrogen-bond donors (Lipinski definition) is 1. The molecular weight excluding hydrogens is 645 g/mol. The molecule has 0 aliphatic heterocycles. The summed E-state index contributed by atoms with van der Waals surface area (Å²) in [7, 11) is 0. The van der Waals surface area contributed by atoms with Crippen LogP contribution >= 0.6 is 0 Å². The monoisotopic (exact) mass is 727 g/mol. The van der Waals surface area contributed by atoms with Gasteiger partial charge in [0, 0.05) is 12.8 Å². The van der Waals surface area contributed by atoms with E-state index in [0.717, 1.165) is 70.6 Å². The highest BCUT2D eigenvalue weighted by atomic mass is 16.6. The van der Waals surface area contributed by atoms with Crippen molar-refractivity contribution in [2.75, 3.05) is 13.2 Å². The molecule has 0 spiro atoms. The van der Waals surface area contributed by atoms with Crippen molar-refractivity contribution in [3.8, 4) is 0 Å². The lowest BCUT2D eigenvalue weighted by molar-refractivity contribution is -0.161. The molecule has 0 saturated carbocycles. The quantitative estimate of drug-likeness (QED) is 0.0388. The normalized spacial score (nSPS) is 12.8. The molecule has 5 heteroatoms. The molecule has 0 heterocycles. The third-order valence-electron chi connectivity index (χ3n) is 9.30. The van der Waals surface area contributed by atoms with Crippen LogP contribution in [0.5, 0.6) is 0 Å². The summed E-state index contributed by atoms with van der Waals surface area (Å²) in [6, 6.07) is 0. The standard InChI is InChI=1S/C47H82O5/c1-3-5-7-9-11-13-15-17-19-21-23-25-27-29-31-33-35-37-39-41-46(49)51-44-45(43-48)52-47(50)42-40-38-36-34-32-30-28-26-24-22-20-18-16-14-12-10-8-6-4-2/h6,8,12,14,17-20,24,26,45,48H,3-5,7,9-11,13,15-16,21-23,25,27-44H2,1-2H3/b8-6-,14-12-,19-17-,20-18-,26-24-. The Bertz CT molecular complexity index is 915. The van der Waals surface area contributed by atoms with Crippen molar-refractivity contribution in [3.05, 3.63) is 60.8 Å². The summed E-state index contributed by atoms with van der Waals surface area (Å²) >= 11 is 0. The Balaban J connectivity index is 3.57. The maximum Gasteiger partial charge on any atom is 0.306 e. The minimum Gasteiger partial charge on any atom is -0.462 e. The van der Waals surface area contributed by atoms with Crippen LogP contribution in [-0.2, 0) is 19.1 Å². The molecule has 0 aliphatic rings. The van der Waals surface area contributed by atoms with E-state index in [1.165, 1.54) is 109 Å². The highest BCUT2D eigenvalue weighted by molar-refractivity contribution is 5.70. The number of unbranched alkanes of at least 4 members (excludes halogenated alkanes) is 21. The Labute approximate surface area is 321 Å². The van der Waals surface area contributed by atoms with Crippen molar-refractivity contribution < 1.29 is 24.2 Å². The Morgan fingerprint density at radius 1 is 0.462 bits per heavy atom. The van der Waals surface area contributed by atoms with Gasteiger partial charge in [-0.15, -0.1) is 0 Å². The molecule has 0 aromatic rings. The number of aliphatic hydroxyl groups is 1. The number of rotatable bonds is 39. The van der Waals surface area contributed by atoms with Gasteiger partial charge in [0.1, 0.15) is 6.61 Å².